The molecule has 0 bridgehead atoms. The molecule has 0 fully saturated rings. The lowest BCUT2D eigenvalue weighted by Gasteiger charge is -2.20. The molecule has 1 aromatic heterocycles. The zero-order valence-electron chi connectivity index (χ0n) is 13.6. The van der Waals surface area contributed by atoms with Gasteiger partial charge in [0.15, 0.2) is 11.5 Å². The number of hydrogen-bond donors (Lipinski definition) is 1. The molecule has 2 aromatic carbocycles. The molecular formula is C19H16N2O3S. The van der Waals surface area contributed by atoms with Gasteiger partial charge in [0.1, 0.15) is 13.2 Å². The largest absolute Gasteiger partial charge is 0.486 e. The molecule has 0 saturated heterocycles. The van der Waals surface area contributed by atoms with Crippen LogP contribution in [0.4, 0.5) is 5.69 Å². The average molecular weight is 352 g/mol. The van der Waals surface area contributed by atoms with E-state index in [0.717, 1.165) is 22.0 Å². The fourth-order valence-electron chi connectivity index (χ4n) is 2.67. The van der Waals surface area contributed by atoms with Crippen LogP contribution in [0.25, 0.3) is 11.3 Å². The zero-order chi connectivity index (χ0) is 17.2. The van der Waals surface area contributed by atoms with E-state index in [0.29, 0.717) is 30.3 Å². The molecule has 25 heavy (non-hydrogen) atoms. The molecule has 5 nitrogen and oxygen atoms in total. The summed E-state index contributed by atoms with van der Waals surface area (Å²) in [6.45, 7) is 2.92. The van der Waals surface area contributed by atoms with E-state index in [1.165, 1.54) is 0 Å². The van der Waals surface area contributed by atoms with Crippen LogP contribution in [0.5, 0.6) is 11.5 Å². The van der Waals surface area contributed by atoms with Crippen LogP contribution in [0.2, 0.25) is 0 Å². The van der Waals surface area contributed by atoms with Gasteiger partial charge in [0, 0.05) is 16.6 Å². The van der Waals surface area contributed by atoms with Crippen LogP contribution in [-0.2, 0) is 0 Å². The standard InChI is InChI=1S/C19H16N2O3S/c1-12-20-16(11-25-12)13-5-7-14(8-6-13)21-19(22)15-3-2-4-17-18(15)24-10-9-23-17/h2-8,11H,9-10H2,1H3,(H,21,22). The van der Waals surface area contributed by atoms with Crippen LogP contribution in [0.3, 0.4) is 0 Å². The van der Waals surface area contributed by atoms with E-state index in [9.17, 15) is 4.79 Å². The first-order chi connectivity index (χ1) is 12.2. The lowest BCUT2D eigenvalue weighted by atomic mass is 10.1. The number of nitrogens with zero attached hydrogens (tertiary/aromatic N) is 1. The molecular weight excluding hydrogens is 336 g/mol. The van der Waals surface area contributed by atoms with Gasteiger partial charge in [-0.1, -0.05) is 18.2 Å². The highest BCUT2D eigenvalue weighted by atomic mass is 32.1. The number of amides is 1. The van der Waals surface area contributed by atoms with Gasteiger partial charge in [-0.25, -0.2) is 4.98 Å². The van der Waals surface area contributed by atoms with E-state index in [4.69, 9.17) is 9.47 Å². The lowest BCUT2D eigenvalue weighted by Crippen LogP contribution is -2.20. The van der Waals surface area contributed by atoms with Gasteiger partial charge >= 0.3 is 0 Å². The molecule has 0 atom stereocenters. The second-order valence-electron chi connectivity index (χ2n) is 5.61. The molecule has 0 radical (unpaired) electrons. The number of fused-ring (bicyclic) bond motifs is 1. The van der Waals surface area contributed by atoms with Crippen molar-refractivity contribution in [2.45, 2.75) is 6.92 Å². The van der Waals surface area contributed by atoms with E-state index >= 15 is 0 Å². The Morgan fingerprint density at radius 2 is 1.92 bits per heavy atom. The Hall–Kier alpha value is -2.86. The summed E-state index contributed by atoms with van der Waals surface area (Å²) in [6.07, 6.45) is 0. The van der Waals surface area contributed by atoms with Gasteiger partial charge in [0.05, 0.1) is 16.3 Å². The van der Waals surface area contributed by atoms with Crippen molar-refractivity contribution in [3.63, 3.8) is 0 Å². The first kappa shape index (κ1) is 15.7. The van der Waals surface area contributed by atoms with Crippen molar-refractivity contribution in [2.75, 3.05) is 18.5 Å². The number of carbonyl (C=O) groups excluding carboxylic acids is 1. The minimum atomic E-state index is -0.223. The number of thiazole rings is 1. The monoisotopic (exact) mass is 352 g/mol. The van der Waals surface area contributed by atoms with Gasteiger partial charge in [-0.15, -0.1) is 11.3 Å². The SMILES string of the molecule is Cc1nc(-c2ccc(NC(=O)c3cccc4c3OCCO4)cc2)cs1. The van der Waals surface area contributed by atoms with E-state index in [1.54, 1.807) is 29.5 Å². The maximum Gasteiger partial charge on any atom is 0.259 e. The number of nitrogens with one attached hydrogen (secondary N) is 1. The number of ether oxygens (including phenoxy) is 2. The molecule has 1 aliphatic heterocycles. The van der Waals surface area contributed by atoms with Crippen molar-refractivity contribution < 1.29 is 14.3 Å². The van der Waals surface area contributed by atoms with Gasteiger partial charge in [0.2, 0.25) is 0 Å². The summed E-state index contributed by atoms with van der Waals surface area (Å²) in [6, 6.07) is 13.0. The molecule has 1 N–H and O–H groups in total. The molecule has 0 spiro atoms. The van der Waals surface area contributed by atoms with E-state index in [1.807, 2.05) is 36.6 Å². The Morgan fingerprint density at radius 3 is 2.68 bits per heavy atom. The second-order valence-corrected chi connectivity index (χ2v) is 6.68. The van der Waals surface area contributed by atoms with Crippen LogP contribution in [0.1, 0.15) is 15.4 Å². The fraction of sp³-hybridized carbons (Fsp3) is 0.158. The van der Waals surface area contributed by atoms with Gasteiger partial charge < -0.3 is 14.8 Å². The highest BCUT2D eigenvalue weighted by molar-refractivity contribution is 7.09. The Balaban J connectivity index is 1.53. The molecule has 0 saturated carbocycles. The number of aromatic nitrogens is 1. The van der Waals surface area contributed by atoms with Crippen LogP contribution < -0.4 is 14.8 Å². The van der Waals surface area contributed by atoms with Crippen molar-refractivity contribution in [1.29, 1.82) is 0 Å². The number of para-hydroxylation sites is 1. The minimum absolute atomic E-state index is 0.223. The molecule has 6 heteroatoms. The van der Waals surface area contributed by atoms with Crippen molar-refractivity contribution in [3.8, 4) is 22.8 Å². The summed E-state index contributed by atoms with van der Waals surface area (Å²) in [5.74, 6) is 0.883. The van der Waals surface area contributed by atoms with Crippen LogP contribution in [0, 0.1) is 6.92 Å². The Labute approximate surface area is 149 Å². The number of hydrogen-bond acceptors (Lipinski definition) is 5. The van der Waals surface area contributed by atoms with Crippen molar-refractivity contribution in [3.05, 3.63) is 58.4 Å². The highest BCUT2D eigenvalue weighted by Crippen LogP contribution is 2.34. The Morgan fingerprint density at radius 1 is 1.12 bits per heavy atom. The summed E-state index contributed by atoms with van der Waals surface area (Å²) in [4.78, 5) is 17.1. The number of rotatable bonds is 3. The van der Waals surface area contributed by atoms with Crippen molar-refractivity contribution >= 4 is 22.9 Å². The summed E-state index contributed by atoms with van der Waals surface area (Å²) < 4.78 is 11.1. The van der Waals surface area contributed by atoms with Gasteiger partial charge in [-0.05, 0) is 31.2 Å². The maximum atomic E-state index is 12.6. The lowest BCUT2D eigenvalue weighted by molar-refractivity contribution is 0.101. The number of carbonyl (C=O) groups is 1. The predicted octanol–water partition coefficient (Wildman–Crippen LogP) is 4.14. The molecule has 1 aliphatic rings. The molecule has 4 rings (SSSR count). The van der Waals surface area contributed by atoms with Crippen LogP contribution in [0.15, 0.2) is 47.8 Å². The normalized spacial score (nSPS) is 12.7. The third-order valence-electron chi connectivity index (χ3n) is 3.87. The summed E-state index contributed by atoms with van der Waals surface area (Å²) in [5.41, 5.74) is 3.16. The predicted molar refractivity (Wildman–Crippen MR) is 97.7 cm³/mol. The molecule has 126 valence electrons. The summed E-state index contributed by atoms with van der Waals surface area (Å²) >= 11 is 1.62. The Kier molecular flexibility index (Phi) is 4.11. The molecule has 1 amide bonds. The topological polar surface area (TPSA) is 60.5 Å². The third kappa shape index (κ3) is 3.21. The quantitative estimate of drug-likeness (QED) is 0.769. The molecule has 3 aromatic rings. The van der Waals surface area contributed by atoms with Crippen molar-refractivity contribution in [2.24, 2.45) is 0 Å². The minimum Gasteiger partial charge on any atom is -0.486 e. The Bertz CT molecular complexity index is 919. The molecule has 0 unspecified atom stereocenters. The second kappa shape index (κ2) is 6.57. The number of anilines is 1. The average Bonchev–Trinajstić information content (AvgIpc) is 3.08. The number of aryl methyl sites for hydroxylation is 1. The molecule has 0 aliphatic carbocycles. The van der Waals surface area contributed by atoms with Gasteiger partial charge in [-0.3, -0.25) is 4.79 Å². The first-order valence-electron chi connectivity index (χ1n) is 7.93. The fourth-order valence-corrected chi connectivity index (χ4v) is 3.29. The zero-order valence-corrected chi connectivity index (χ0v) is 14.4. The first-order valence-corrected chi connectivity index (χ1v) is 8.81. The van der Waals surface area contributed by atoms with Crippen molar-refractivity contribution in [1.82, 2.24) is 4.98 Å². The highest BCUT2D eigenvalue weighted by Gasteiger charge is 2.20. The van der Waals surface area contributed by atoms with E-state index < -0.39 is 0 Å². The van der Waals surface area contributed by atoms with Crippen LogP contribution >= 0.6 is 11.3 Å². The molecule has 2 heterocycles. The van der Waals surface area contributed by atoms with E-state index in [2.05, 4.69) is 10.3 Å². The smallest absolute Gasteiger partial charge is 0.259 e. The number of benzene rings is 2. The third-order valence-corrected chi connectivity index (χ3v) is 4.64. The summed E-state index contributed by atoms with van der Waals surface area (Å²) in [7, 11) is 0. The maximum absolute atomic E-state index is 12.6. The van der Waals surface area contributed by atoms with Gasteiger partial charge in [0.25, 0.3) is 5.91 Å². The van der Waals surface area contributed by atoms with Crippen LogP contribution in [-0.4, -0.2) is 24.1 Å². The van der Waals surface area contributed by atoms with Gasteiger partial charge in [-0.2, -0.15) is 0 Å². The van der Waals surface area contributed by atoms with E-state index in [-0.39, 0.29) is 5.91 Å². The summed E-state index contributed by atoms with van der Waals surface area (Å²) in [5, 5.41) is 5.96.